The van der Waals surface area contributed by atoms with Gasteiger partial charge in [0.15, 0.2) is 0 Å². The van der Waals surface area contributed by atoms with Gasteiger partial charge < -0.3 is 0 Å². The van der Waals surface area contributed by atoms with E-state index in [4.69, 9.17) is 20.0 Å². The highest BCUT2D eigenvalue weighted by molar-refractivity contribution is 9.10. The highest BCUT2D eigenvalue weighted by Crippen LogP contribution is 2.27. The summed E-state index contributed by atoms with van der Waals surface area (Å²) in [5.74, 6) is 0. The van der Waals surface area contributed by atoms with Crippen molar-refractivity contribution in [2.24, 2.45) is 0 Å². The minimum atomic E-state index is -3.72. The first-order valence-corrected chi connectivity index (χ1v) is 7.52. The molecule has 0 spiro atoms. The number of rotatable bonds is 0. The number of hydrogen-bond acceptors (Lipinski definition) is 3. The molecule has 0 amide bonds. The molecule has 0 unspecified atom stereocenters. The summed E-state index contributed by atoms with van der Waals surface area (Å²) in [6.45, 7) is 0. The van der Waals surface area contributed by atoms with E-state index in [1.807, 2.05) is 11.4 Å². The van der Waals surface area contributed by atoms with E-state index >= 15 is 0 Å². The van der Waals surface area contributed by atoms with Crippen molar-refractivity contribution in [3.63, 3.8) is 0 Å². The van der Waals surface area contributed by atoms with E-state index in [2.05, 4.69) is 37.3 Å². The van der Waals surface area contributed by atoms with Crippen LogP contribution in [0, 0.1) is 0 Å². The molecule has 0 saturated carbocycles. The summed E-state index contributed by atoms with van der Waals surface area (Å²) in [5.41, 5.74) is 0. The molecule has 0 atom stereocenters. The fraction of sp³-hybridized carbons (Fsp3) is 0. The second-order valence-electron chi connectivity index (χ2n) is 1.42. The number of thiophene rings is 1. The zero-order valence-corrected chi connectivity index (χ0v) is 10.8. The highest BCUT2D eigenvalue weighted by Gasteiger charge is 1.92. The first-order chi connectivity index (χ1) is 5.30. The molecule has 0 aliphatic carbocycles. The Bertz CT molecular complexity index is 309. The van der Waals surface area contributed by atoms with Crippen molar-refractivity contribution in [3.05, 3.63) is 20.3 Å². The molecular formula is C4H2BrCl3O2S2. The molecular weight excluding hydrogens is 330 g/mol. The van der Waals surface area contributed by atoms with Crippen LogP contribution in [0.1, 0.15) is 0 Å². The molecule has 0 bridgehead atoms. The summed E-state index contributed by atoms with van der Waals surface area (Å²) in [5, 5.41) is 1.94. The molecule has 2 nitrogen and oxygen atoms in total. The Kier molecular flexibility index (Phi) is 6.14. The molecule has 8 heteroatoms. The van der Waals surface area contributed by atoms with Crippen molar-refractivity contribution in [3.8, 4) is 0 Å². The van der Waals surface area contributed by atoms with Gasteiger partial charge in [-0.2, -0.15) is 8.42 Å². The lowest BCUT2D eigenvalue weighted by Crippen LogP contribution is -1.63. The van der Waals surface area contributed by atoms with Gasteiger partial charge in [0.05, 0.1) is 0 Å². The van der Waals surface area contributed by atoms with Crippen molar-refractivity contribution in [2.45, 2.75) is 0 Å². The second kappa shape index (κ2) is 5.67. The molecule has 0 N–H and O–H groups in total. The van der Waals surface area contributed by atoms with Gasteiger partial charge in [-0.25, -0.2) is 0 Å². The molecule has 12 heavy (non-hydrogen) atoms. The third kappa shape index (κ3) is 9.09. The van der Waals surface area contributed by atoms with Crippen LogP contribution in [-0.4, -0.2) is 8.42 Å². The van der Waals surface area contributed by atoms with E-state index in [1.165, 1.54) is 11.3 Å². The van der Waals surface area contributed by atoms with E-state index in [1.54, 1.807) is 0 Å². The smallest absolute Gasteiger partial charge is 0.195 e. The van der Waals surface area contributed by atoms with Crippen LogP contribution in [0.3, 0.4) is 0 Å². The summed E-state index contributed by atoms with van der Waals surface area (Å²) in [7, 11) is 4.81. The normalized spacial score (nSPS) is 10.3. The molecule has 0 aliphatic heterocycles. The Balaban J connectivity index is 0.000000217. The molecule has 70 valence electrons. The van der Waals surface area contributed by atoms with Gasteiger partial charge >= 0.3 is 8.26 Å². The fourth-order valence-corrected chi connectivity index (χ4v) is 1.58. The van der Waals surface area contributed by atoms with Gasteiger partial charge in [0.1, 0.15) is 4.34 Å². The highest BCUT2D eigenvalue weighted by atomic mass is 79.9. The van der Waals surface area contributed by atoms with Gasteiger partial charge in [-0.3, -0.25) is 0 Å². The van der Waals surface area contributed by atoms with Gasteiger partial charge in [-0.15, -0.1) is 11.3 Å². The van der Waals surface area contributed by atoms with Gasteiger partial charge in [-0.05, 0) is 27.4 Å². The lowest BCUT2D eigenvalue weighted by atomic mass is 10.7. The van der Waals surface area contributed by atoms with Crippen LogP contribution < -0.4 is 0 Å². The first kappa shape index (κ1) is 13.0. The Labute approximate surface area is 96.5 Å². The van der Waals surface area contributed by atoms with Gasteiger partial charge in [0.25, 0.3) is 0 Å². The molecule has 0 saturated heterocycles. The molecule has 1 aromatic heterocycles. The summed E-state index contributed by atoms with van der Waals surface area (Å²) in [6.07, 6.45) is 0. The zero-order valence-electron chi connectivity index (χ0n) is 5.30. The van der Waals surface area contributed by atoms with E-state index < -0.39 is 8.26 Å². The van der Waals surface area contributed by atoms with E-state index in [-0.39, 0.29) is 0 Å². The minimum absolute atomic E-state index is 0.819. The molecule has 0 fully saturated rings. The monoisotopic (exact) mass is 330 g/mol. The SMILES string of the molecule is Clc1sccc1Br.O=S(=O)(Cl)Cl. The summed E-state index contributed by atoms with van der Waals surface area (Å²) in [4.78, 5) is 0. The van der Waals surface area contributed by atoms with Crippen molar-refractivity contribution in [2.75, 3.05) is 0 Å². The molecule has 0 radical (unpaired) electrons. The summed E-state index contributed by atoms with van der Waals surface area (Å²) in [6, 6.07) is 1.92. The Morgan fingerprint density at radius 2 is 1.83 bits per heavy atom. The Morgan fingerprint density at radius 3 is 1.92 bits per heavy atom. The Morgan fingerprint density at radius 1 is 1.42 bits per heavy atom. The minimum Gasteiger partial charge on any atom is -0.195 e. The van der Waals surface area contributed by atoms with Crippen molar-refractivity contribution in [1.82, 2.24) is 0 Å². The zero-order chi connectivity index (χ0) is 9.78. The molecule has 0 aliphatic rings. The lowest BCUT2D eigenvalue weighted by Gasteiger charge is -1.74. The van der Waals surface area contributed by atoms with Crippen LogP contribution in [0.25, 0.3) is 0 Å². The number of halogens is 4. The van der Waals surface area contributed by atoms with Crippen LogP contribution in [0.5, 0.6) is 0 Å². The fourth-order valence-electron chi connectivity index (χ4n) is 0.275. The molecule has 1 aromatic rings. The topological polar surface area (TPSA) is 34.1 Å². The quantitative estimate of drug-likeness (QED) is 0.676. The average Bonchev–Trinajstić information content (AvgIpc) is 2.12. The Hall–Kier alpha value is 1.000. The van der Waals surface area contributed by atoms with Crippen LogP contribution in [0.15, 0.2) is 15.9 Å². The van der Waals surface area contributed by atoms with Crippen molar-refractivity contribution < 1.29 is 8.42 Å². The van der Waals surface area contributed by atoms with E-state index in [0.29, 0.717) is 0 Å². The third-order valence-electron chi connectivity index (χ3n) is 0.574. The van der Waals surface area contributed by atoms with Crippen LogP contribution in [-0.2, 0) is 8.26 Å². The first-order valence-electron chi connectivity index (χ1n) is 2.33. The van der Waals surface area contributed by atoms with Crippen molar-refractivity contribution >= 4 is 68.5 Å². The standard InChI is InChI=1S/C4H2BrClS.Cl2O2S/c5-3-1-2-7-4(3)6;1-5(2,3)4/h1-2H;. The maximum absolute atomic E-state index is 9.16. The largest absolute Gasteiger partial charge is 0.317 e. The van der Waals surface area contributed by atoms with E-state index in [9.17, 15) is 0 Å². The van der Waals surface area contributed by atoms with Gasteiger partial charge in [0.2, 0.25) is 0 Å². The van der Waals surface area contributed by atoms with Gasteiger partial charge in [-0.1, -0.05) is 11.6 Å². The maximum atomic E-state index is 9.16. The van der Waals surface area contributed by atoms with Crippen LogP contribution >= 0.6 is 60.2 Å². The molecule has 1 heterocycles. The van der Waals surface area contributed by atoms with Crippen molar-refractivity contribution in [1.29, 1.82) is 0 Å². The molecule has 1 rings (SSSR count). The van der Waals surface area contributed by atoms with E-state index in [0.717, 1.165) is 8.81 Å². The maximum Gasteiger partial charge on any atom is 0.317 e. The predicted molar refractivity (Wildman–Crippen MR) is 57.7 cm³/mol. The van der Waals surface area contributed by atoms with Crippen LogP contribution in [0.2, 0.25) is 4.34 Å². The summed E-state index contributed by atoms with van der Waals surface area (Å²) >= 11 is 10.4. The van der Waals surface area contributed by atoms with Gasteiger partial charge in [0, 0.05) is 25.8 Å². The lowest BCUT2D eigenvalue weighted by molar-refractivity contribution is 0.621. The molecule has 0 aromatic carbocycles. The number of hydrogen-bond donors (Lipinski definition) is 0. The van der Waals surface area contributed by atoms with Crippen LogP contribution in [0.4, 0.5) is 0 Å². The average molecular weight is 332 g/mol. The summed E-state index contributed by atoms with van der Waals surface area (Å²) < 4.78 is 20.1. The third-order valence-corrected chi connectivity index (χ3v) is 2.90. The second-order valence-corrected chi connectivity index (χ2v) is 7.46. The predicted octanol–water partition coefficient (Wildman–Crippen LogP) is 3.87.